The van der Waals surface area contributed by atoms with E-state index in [1.165, 1.54) is 16.8 Å². The molecular weight excluding hydrogens is 234 g/mol. The molecule has 4 rings (SSSR count). The number of para-hydroxylation sites is 2. The molecule has 0 amide bonds. The Morgan fingerprint density at radius 2 is 2.00 bits per heavy atom. The van der Waals surface area contributed by atoms with E-state index in [1.807, 2.05) is 0 Å². The number of aryl methyl sites for hydroxylation is 1. The van der Waals surface area contributed by atoms with Crippen molar-refractivity contribution >= 4 is 16.7 Å². The van der Waals surface area contributed by atoms with Gasteiger partial charge >= 0.3 is 0 Å². The fourth-order valence-corrected chi connectivity index (χ4v) is 2.89. The summed E-state index contributed by atoms with van der Waals surface area (Å²) in [5.74, 6) is 1.38. The average Bonchev–Trinajstić information content (AvgIpc) is 3.02. The standard InChI is InChI=1S/C16H15N3/c1-10-5-4-8-14-15(10)19-16(18-14)12-9-17-13-7-3-2-6-11(12)13/h2-8,12,17H,9H2,1H3,(H,18,19). The summed E-state index contributed by atoms with van der Waals surface area (Å²) in [6.07, 6.45) is 0. The van der Waals surface area contributed by atoms with Crippen LogP contribution in [0.1, 0.15) is 22.9 Å². The highest BCUT2D eigenvalue weighted by Crippen LogP contribution is 2.35. The molecule has 0 radical (unpaired) electrons. The lowest BCUT2D eigenvalue weighted by molar-refractivity contribution is 0.836. The van der Waals surface area contributed by atoms with Gasteiger partial charge in [0.15, 0.2) is 0 Å². The maximum absolute atomic E-state index is 4.80. The number of rotatable bonds is 1. The van der Waals surface area contributed by atoms with Gasteiger partial charge in [-0.3, -0.25) is 0 Å². The Labute approximate surface area is 111 Å². The van der Waals surface area contributed by atoms with Crippen molar-refractivity contribution < 1.29 is 0 Å². The second-order valence-corrected chi connectivity index (χ2v) is 5.11. The Hall–Kier alpha value is -2.29. The fraction of sp³-hybridized carbons (Fsp3) is 0.188. The first kappa shape index (κ1) is 10.6. The van der Waals surface area contributed by atoms with Crippen LogP contribution in [-0.2, 0) is 0 Å². The second kappa shape index (κ2) is 3.85. The van der Waals surface area contributed by atoms with E-state index in [2.05, 4.69) is 59.7 Å². The highest BCUT2D eigenvalue weighted by atomic mass is 15.0. The number of anilines is 1. The molecule has 2 aromatic carbocycles. The van der Waals surface area contributed by atoms with Crippen molar-refractivity contribution in [3.05, 3.63) is 59.4 Å². The summed E-state index contributed by atoms with van der Waals surface area (Å²) in [4.78, 5) is 8.27. The summed E-state index contributed by atoms with van der Waals surface area (Å²) in [6.45, 7) is 3.02. The molecule has 0 saturated heterocycles. The molecular formula is C16H15N3. The lowest BCUT2D eigenvalue weighted by atomic mass is 10.0. The van der Waals surface area contributed by atoms with Crippen LogP contribution in [0.3, 0.4) is 0 Å². The van der Waals surface area contributed by atoms with Crippen molar-refractivity contribution in [3.63, 3.8) is 0 Å². The summed E-state index contributed by atoms with van der Waals surface area (Å²) in [5, 5.41) is 3.45. The topological polar surface area (TPSA) is 40.7 Å². The van der Waals surface area contributed by atoms with Gasteiger partial charge in [0.05, 0.1) is 17.0 Å². The number of benzene rings is 2. The maximum Gasteiger partial charge on any atom is 0.116 e. The van der Waals surface area contributed by atoms with Gasteiger partial charge in [-0.15, -0.1) is 0 Å². The number of aromatic amines is 1. The average molecular weight is 249 g/mol. The molecule has 1 atom stereocenters. The molecule has 1 aliphatic rings. The lowest BCUT2D eigenvalue weighted by Gasteiger charge is -2.05. The zero-order chi connectivity index (χ0) is 12.8. The minimum atomic E-state index is 0.322. The minimum Gasteiger partial charge on any atom is -0.384 e. The molecule has 0 fully saturated rings. The zero-order valence-corrected chi connectivity index (χ0v) is 10.8. The molecule has 19 heavy (non-hydrogen) atoms. The van der Waals surface area contributed by atoms with Crippen LogP contribution in [-0.4, -0.2) is 16.5 Å². The van der Waals surface area contributed by atoms with Crippen LogP contribution in [0.5, 0.6) is 0 Å². The first-order valence-corrected chi connectivity index (χ1v) is 6.61. The van der Waals surface area contributed by atoms with Crippen molar-refractivity contribution in [1.82, 2.24) is 9.97 Å². The maximum atomic E-state index is 4.80. The van der Waals surface area contributed by atoms with E-state index in [1.54, 1.807) is 0 Å². The van der Waals surface area contributed by atoms with E-state index in [-0.39, 0.29) is 0 Å². The van der Waals surface area contributed by atoms with E-state index in [9.17, 15) is 0 Å². The summed E-state index contributed by atoms with van der Waals surface area (Å²) in [6, 6.07) is 14.7. The molecule has 94 valence electrons. The Morgan fingerprint density at radius 1 is 1.11 bits per heavy atom. The van der Waals surface area contributed by atoms with E-state index < -0.39 is 0 Å². The van der Waals surface area contributed by atoms with Crippen molar-refractivity contribution in [3.8, 4) is 0 Å². The second-order valence-electron chi connectivity index (χ2n) is 5.11. The molecule has 3 nitrogen and oxygen atoms in total. The number of hydrogen-bond donors (Lipinski definition) is 2. The molecule has 2 N–H and O–H groups in total. The van der Waals surface area contributed by atoms with Crippen LogP contribution in [0.25, 0.3) is 11.0 Å². The SMILES string of the molecule is Cc1cccc2[nH]c(C3CNc4ccccc43)nc12. The number of hydrogen-bond acceptors (Lipinski definition) is 2. The molecule has 1 aromatic heterocycles. The molecule has 0 aliphatic carbocycles. The van der Waals surface area contributed by atoms with Crippen molar-refractivity contribution in [2.45, 2.75) is 12.8 Å². The first-order valence-electron chi connectivity index (χ1n) is 6.61. The molecule has 1 aliphatic heterocycles. The summed E-state index contributed by atoms with van der Waals surface area (Å²) >= 11 is 0. The third kappa shape index (κ3) is 1.55. The van der Waals surface area contributed by atoms with Gasteiger partial charge in [-0.1, -0.05) is 30.3 Å². The van der Waals surface area contributed by atoms with Gasteiger partial charge in [0, 0.05) is 12.2 Å². The number of H-pyrrole nitrogens is 1. The monoisotopic (exact) mass is 249 g/mol. The highest BCUT2D eigenvalue weighted by molar-refractivity contribution is 5.79. The normalized spacial score (nSPS) is 17.4. The van der Waals surface area contributed by atoms with Crippen LogP contribution < -0.4 is 5.32 Å². The van der Waals surface area contributed by atoms with E-state index in [4.69, 9.17) is 4.98 Å². The lowest BCUT2D eigenvalue weighted by Crippen LogP contribution is -2.05. The van der Waals surface area contributed by atoms with Crippen LogP contribution in [0.4, 0.5) is 5.69 Å². The number of nitrogens with zero attached hydrogens (tertiary/aromatic N) is 1. The molecule has 3 heteroatoms. The molecule has 0 bridgehead atoms. The minimum absolute atomic E-state index is 0.322. The largest absolute Gasteiger partial charge is 0.384 e. The van der Waals surface area contributed by atoms with Gasteiger partial charge in [-0.25, -0.2) is 4.98 Å². The molecule has 0 saturated carbocycles. The van der Waals surface area contributed by atoms with Gasteiger partial charge in [-0.2, -0.15) is 0 Å². The Balaban J connectivity index is 1.86. The predicted octanol–water partition coefficient (Wildman–Crippen LogP) is 3.43. The van der Waals surface area contributed by atoms with Gasteiger partial charge in [0.2, 0.25) is 0 Å². The van der Waals surface area contributed by atoms with Crippen LogP contribution >= 0.6 is 0 Å². The summed E-state index contributed by atoms with van der Waals surface area (Å²) in [7, 11) is 0. The van der Waals surface area contributed by atoms with Crippen molar-refractivity contribution in [2.75, 3.05) is 11.9 Å². The van der Waals surface area contributed by atoms with Gasteiger partial charge in [0.1, 0.15) is 5.82 Å². The summed E-state index contributed by atoms with van der Waals surface area (Å²) in [5.41, 5.74) is 5.99. The molecule has 3 aromatic rings. The number of imidazole rings is 1. The number of nitrogens with one attached hydrogen (secondary N) is 2. The van der Waals surface area contributed by atoms with Crippen LogP contribution in [0.2, 0.25) is 0 Å². The van der Waals surface area contributed by atoms with Crippen LogP contribution in [0, 0.1) is 6.92 Å². The smallest absolute Gasteiger partial charge is 0.116 e. The Morgan fingerprint density at radius 3 is 2.89 bits per heavy atom. The zero-order valence-electron chi connectivity index (χ0n) is 10.8. The Bertz CT molecular complexity index is 758. The number of aromatic nitrogens is 2. The van der Waals surface area contributed by atoms with Gasteiger partial charge < -0.3 is 10.3 Å². The van der Waals surface area contributed by atoms with Gasteiger partial charge in [-0.05, 0) is 30.2 Å². The van der Waals surface area contributed by atoms with E-state index >= 15 is 0 Å². The third-order valence-corrected chi connectivity index (χ3v) is 3.90. The van der Waals surface area contributed by atoms with Crippen molar-refractivity contribution in [2.24, 2.45) is 0 Å². The summed E-state index contributed by atoms with van der Waals surface area (Å²) < 4.78 is 0. The fourth-order valence-electron chi connectivity index (χ4n) is 2.89. The highest BCUT2D eigenvalue weighted by Gasteiger charge is 2.25. The quantitative estimate of drug-likeness (QED) is 0.693. The predicted molar refractivity (Wildman–Crippen MR) is 77.6 cm³/mol. The van der Waals surface area contributed by atoms with Gasteiger partial charge in [0.25, 0.3) is 0 Å². The molecule has 0 spiro atoms. The van der Waals surface area contributed by atoms with Crippen molar-refractivity contribution in [1.29, 1.82) is 0 Å². The van der Waals surface area contributed by atoms with Crippen LogP contribution in [0.15, 0.2) is 42.5 Å². The van der Waals surface area contributed by atoms with E-state index in [0.29, 0.717) is 5.92 Å². The number of fused-ring (bicyclic) bond motifs is 2. The first-order chi connectivity index (χ1) is 9.33. The molecule has 2 heterocycles. The Kier molecular flexibility index (Phi) is 2.15. The molecule has 1 unspecified atom stereocenters. The third-order valence-electron chi connectivity index (χ3n) is 3.90. The van der Waals surface area contributed by atoms with E-state index in [0.717, 1.165) is 23.4 Å².